The molecule has 2 N–H and O–H groups in total. The average molecular weight is 422 g/mol. The van der Waals surface area contributed by atoms with Gasteiger partial charge >= 0.3 is 0 Å². The first-order valence-electron chi connectivity index (χ1n) is 11.3. The van der Waals surface area contributed by atoms with E-state index in [-0.39, 0.29) is 0 Å². The molecule has 2 aliphatic rings. The van der Waals surface area contributed by atoms with Crippen molar-refractivity contribution < 1.29 is 8.78 Å². The van der Waals surface area contributed by atoms with Gasteiger partial charge in [0.25, 0.3) is 0 Å². The maximum atomic E-state index is 13.6. The molecular formula is C23H37F2N5. The van der Waals surface area contributed by atoms with Crippen molar-refractivity contribution in [1.29, 1.82) is 0 Å². The van der Waals surface area contributed by atoms with Crippen LogP contribution in [0.4, 0.5) is 14.5 Å². The largest absolute Gasteiger partial charge is 0.369 e. The van der Waals surface area contributed by atoms with E-state index >= 15 is 0 Å². The molecule has 1 aliphatic carbocycles. The topological polar surface area (TPSA) is 48.1 Å². The summed E-state index contributed by atoms with van der Waals surface area (Å²) in [5, 5.41) is 0. The zero-order valence-corrected chi connectivity index (χ0v) is 18.7. The first-order chi connectivity index (χ1) is 14.3. The molecule has 0 spiro atoms. The normalized spacial score (nSPS) is 26.7. The number of hydrogen-bond acceptors (Lipinski definition) is 3. The van der Waals surface area contributed by atoms with E-state index in [4.69, 9.17) is 5.73 Å². The van der Waals surface area contributed by atoms with Gasteiger partial charge in [-0.3, -0.25) is 0 Å². The van der Waals surface area contributed by atoms with Gasteiger partial charge in [-0.2, -0.15) is 0 Å². The Morgan fingerprint density at radius 3 is 2.50 bits per heavy atom. The highest BCUT2D eigenvalue weighted by Gasteiger charge is 2.29. The Balaban J connectivity index is 1.68. The van der Waals surface area contributed by atoms with E-state index in [1.54, 1.807) is 0 Å². The summed E-state index contributed by atoms with van der Waals surface area (Å²) >= 11 is 0. The molecule has 0 bridgehead atoms. The molecule has 3 atom stereocenters. The van der Waals surface area contributed by atoms with Crippen molar-refractivity contribution in [1.82, 2.24) is 14.7 Å². The summed E-state index contributed by atoms with van der Waals surface area (Å²) in [5.74, 6) is 0.00121. The molecule has 3 unspecified atom stereocenters. The van der Waals surface area contributed by atoms with E-state index in [0.717, 1.165) is 76.6 Å². The number of guanidine groups is 1. The summed E-state index contributed by atoms with van der Waals surface area (Å²) in [6, 6.07) is 4.02. The van der Waals surface area contributed by atoms with Crippen LogP contribution in [0.1, 0.15) is 39.5 Å². The van der Waals surface area contributed by atoms with E-state index in [1.165, 1.54) is 12.5 Å². The SMILES string of the molecule is CC1CCC(N(CCCN2CCN(C)CC2)C(N)=Nc2ccc(F)c(F)c2)CC1C. The van der Waals surface area contributed by atoms with Gasteiger partial charge in [-0.1, -0.05) is 13.8 Å². The Labute approximate surface area is 179 Å². The quantitative estimate of drug-likeness (QED) is 0.562. The van der Waals surface area contributed by atoms with Crippen molar-refractivity contribution in [3.63, 3.8) is 0 Å². The summed E-state index contributed by atoms with van der Waals surface area (Å²) in [6.07, 6.45) is 4.37. The van der Waals surface area contributed by atoms with Crippen molar-refractivity contribution in [3.8, 4) is 0 Å². The van der Waals surface area contributed by atoms with Crippen LogP contribution in [0.3, 0.4) is 0 Å². The summed E-state index contributed by atoms with van der Waals surface area (Å²) < 4.78 is 26.9. The van der Waals surface area contributed by atoms with Crippen LogP contribution in [-0.2, 0) is 0 Å². The summed E-state index contributed by atoms with van der Waals surface area (Å²) in [6.45, 7) is 10.9. The van der Waals surface area contributed by atoms with Crippen molar-refractivity contribution in [2.24, 2.45) is 22.6 Å². The van der Waals surface area contributed by atoms with E-state index in [2.05, 4.69) is 40.6 Å². The average Bonchev–Trinajstić information content (AvgIpc) is 2.71. The predicted molar refractivity (Wildman–Crippen MR) is 119 cm³/mol. The molecule has 0 amide bonds. The Hall–Kier alpha value is -1.73. The molecule has 0 aromatic heterocycles. The number of hydrogen-bond donors (Lipinski definition) is 1. The van der Waals surface area contributed by atoms with Crippen molar-refractivity contribution in [3.05, 3.63) is 29.8 Å². The fourth-order valence-electron chi connectivity index (χ4n) is 4.57. The lowest BCUT2D eigenvalue weighted by molar-refractivity contribution is 0.136. The first-order valence-corrected chi connectivity index (χ1v) is 11.3. The number of likely N-dealkylation sites (N-methyl/N-ethyl adjacent to an activating group) is 1. The van der Waals surface area contributed by atoms with Gasteiger partial charge in [-0.25, -0.2) is 13.8 Å². The molecular weight excluding hydrogens is 384 g/mol. The van der Waals surface area contributed by atoms with Crippen LogP contribution in [0.25, 0.3) is 0 Å². The third-order valence-corrected chi connectivity index (χ3v) is 6.92. The Morgan fingerprint density at radius 2 is 1.83 bits per heavy atom. The molecule has 7 heteroatoms. The minimum atomic E-state index is -0.897. The van der Waals surface area contributed by atoms with Crippen molar-refractivity contribution in [2.45, 2.75) is 45.6 Å². The maximum absolute atomic E-state index is 13.6. The van der Waals surface area contributed by atoms with Gasteiger partial charge in [-0.05, 0) is 63.2 Å². The number of aliphatic imine (C=N–C) groups is 1. The molecule has 5 nitrogen and oxygen atoms in total. The van der Waals surface area contributed by atoms with Crippen LogP contribution in [0.5, 0.6) is 0 Å². The zero-order valence-electron chi connectivity index (χ0n) is 18.7. The van der Waals surface area contributed by atoms with Gasteiger partial charge in [0.15, 0.2) is 17.6 Å². The zero-order chi connectivity index (χ0) is 21.7. The number of benzene rings is 1. The molecule has 30 heavy (non-hydrogen) atoms. The van der Waals surface area contributed by atoms with Crippen LogP contribution < -0.4 is 5.73 Å². The molecule has 1 aromatic rings. The van der Waals surface area contributed by atoms with Gasteiger partial charge in [0.2, 0.25) is 0 Å². The number of nitrogens with two attached hydrogens (primary N) is 1. The van der Waals surface area contributed by atoms with Crippen LogP contribution in [-0.4, -0.2) is 73.0 Å². The molecule has 0 radical (unpaired) electrons. The molecule has 168 valence electrons. The minimum absolute atomic E-state index is 0.345. The maximum Gasteiger partial charge on any atom is 0.196 e. The Morgan fingerprint density at radius 1 is 1.10 bits per heavy atom. The van der Waals surface area contributed by atoms with E-state index in [0.29, 0.717) is 23.6 Å². The number of nitrogens with zero attached hydrogens (tertiary/aromatic N) is 4. The second kappa shape index (κ2) is 10.5. The highest BCUT2D eigenvalue weighted by molar-refractivity contribution is 5.81. The summed E-state index contributed by atoms with van der Waals surface area (Å²) in [4.78, 5) is 11.5. The standard InChI is InChI=1S/C23H37F2N5/c1-17-5-7-20(15-18(17)2)30(10-4-9-29-13-11-28(3)12-14-29)23(26)27-19-6-8-21(24)22(25)16-19/h6,8,16-18,20H,4-5,7,9-15H2,1-3H3,(H2,26,27). The monoisotopic (exact) mass is 421 g/mol. The number of piperazine rings is 1. The highest BCUT2D eigenvalue weighted by Crippen LogP contribution is 2.32. The fraction of sp³-hybridized carbons (Fsp3) is 0.696. The Bertz CT molecular complexity index is 718. The molecule has 2 fully saturated rings. The van der Waals surface area contributed by atoms with Gasteiger partial charge in [-0.15, -0.1) is 0 Å². The summed E-state index contributed by atoms with van der Waals surface area (Å²) in [5.41, 5.74) is 6.78. The lowest BCUT2D eigenvalue weighted by atomic mass is 9.78. The van der Waals surface area contributed by atoms with E-state index in [1.807, 2.05) is 0 Å². The second-order valence-electron chi connectivity index (χ2n) is 9.18. The highest BCUT2D eigenvalue weighted by atomic mass is 19.2. The number of rotatable bonds is 6. The lowest BCUT2D eigenvalue weighted by Gasteiger charge is -2.40. The van der Waals surface area contributed by atoms with Gasteiger partial charge in [0.05, 0.1) is 5.69 Å². The predicted octanol–water partition coefficient (Wildman–Crippen LogP) is 3.68. The van der Waals surface area contributed by atoms with Crippen LogP contribution in [0, 0.1) is 23.5 Å². The van der Waals surface area contributed by atoms with E-state index in [9.17, 15) is 8.78 Å². The van der Waals surface area contributed by atoms with Crippen LogP contribution >= 0.6 is 0 Å². The molecule has 1 saturated heterocycles. The lowest BCUT2D eigenvalue weighted by Crippen LogP contribution is -2.49. The Kier molecular flexibility index (Phi) is 8.06. The fourth-order valence-corrected chi connectivity index (χ4v) is 4.57. The molecule has 3 rings (SSSR count). The minimum Gasteiger partial charge on any atom is -0.369 e. The number of halogens is 2. The third kappa shape index (κ3) is 6.14. The smallest absolute Gasteiger partial charge is 0.196 e. The van der Waals surface area contributed by atoms with Crippen LogP contribution in [0.2, 0.25) is 0 Å². The molecule has 1 saturated carbocycles. The summed E-state index contributed by atoms with van der Waals surface area (Å²) in [7, 11) is 2.17. The first kappa shape index (κ1) is 22.9. The van der Waals surface area contributed by atoms with Crippen molar-refractivity contribution in [2.75, 3.05) is 46.3 Å². The molecule has 1 heterocycles. The van der Waals surface area contributed by atoms with Gasteiger partial charge in [0, 0.05) is 44.8 Å². The molecule has 1 aromatic carbocycles. The second-order valence-corrected chi connectivity index (χ2v) is 9.18. The van der Waals surface area contributed by atoms with Gasteiger partial charge < -0.3 is 20.4 Å². The molecule has 1 aliphatic heterocycles. The third-order valence-electron chi connectivity index (χ3n) is 6.92. The van der Waals surface area contributed by atoms with Crippen molar-refractivity contribution >= 4 is 11.6 Å². The van der Waals surface area contributed by atoms with Crippen LogP contribution in [0.15, 0.2) is 23.2 Å². The van der Waals surface area contributed by atoms with Gasteiger partial charge in [0.1, 0.15) is 0 Å². The van der Waals surface area contributed by atoms with E-state index < -0.39 is 11.6 Å².